The third kappa shape index (κ3) is 7.31. The lowest BCUT2D eigenvalue weighted by Crippen LogP contribution is -2.43. The third-order valence-corrected chi connectivity index (χ3v) is 4.53. The molecule has 1 rings (SSSR count). The van der Waals surface area contributed by atoms with Gasteiger partial charge in [0, 0.05) is 19.2 Å². The molecule has 0 spiro atoms. The zero-order valence-electron chi connectivity index (χ0n) is 11.3. The van der Waals surface area contributed by atoms with Crippen LogP contribution < -0.4 is 10.0 Å². The van der Waals surface area contributed by atoms with Gasteiger partial charge < -0.3 is 10.1 Å². The first-order valence-corrected chi connectivity index (χ1v) is 8.58. The Labute approximate surface area is 111 Å². The Morgan fingerprint density at radius 1 is 1.33 bits per heavy atom. The van der Waals surface area contributed by atoms with Crippen LogP contribution in [0.25, 0.3) is 0 Å². The highest BCUT2D eigenvalue weighted by atomic mass is 32.2. The van der Waals surface area contributed by atoms with Gasteiger partial charge in [-0.2, -0.15) is 0 Å². The van der Waals surface area contributed by atoms with Gasteiger partial charge in [-0.05, 0) is 25.8 Å². The van der Waals surface area contributed by atoms with Crippen LogP contribution in [0.4, 0.5) is 0 Å². The minimum Gasteiger partial charge on any atom is -0.380 e. The van der Waals surface area contributed by atoms with Gasteiger partial charge in [0.1, 0.15) is 0 Å². The first-order valence-electron chi connectivity index (χ1n) is 6.92. The van der Waals surface area contributed by atoms with Crippen molar-refractivity contribution in [2.45, 2.75) is 45.1 Å². The summed E-state index contributed by atoms with van der Waals surface area (Å²) in [7, 11) is -3.17. The van der Waals surface area contributed by atoms with Crippen LogP contribution in [0.3, 0.4) is 0 Å². The van der Waals surface area contributed by atoms with Crippen LogP contribution in [-0.4, -0.2) is 46.5 Å². The molecule has 0 saturated carbocycles. The first-order chi connectivity index (χ1) is 8.64. The lowest BCUT2D eigenvalue weighted by atomic mass is 10.1. The molecule has 1 atom stereocenters. The summed E-state index contributed by atoms with van der Waals surface area (Å²) in [5.74, 6) is 0.182. The minimum atomic E-state index is -3.17. The maximum atomic E-state index is 11.8. The molecule has 0 bridgehead atoms. The van der Waals surface area contributed by atoms with Crippen molar-refractivity contribution in [1.29, 1.82) is 0 Å². The van der Waals surface area contributed by atoms with E-state index in [2.05, 4.69) is 17.0 Å². The van der Waals surface area contributed by atoms with Crippen molar-refractivity contribution >= 4 is 10.0 Å². The number of hydrogen-bond acceptors (Lipinski definition) is 4. The van der Waals surface area contributed by atoms with E-state index in [9.17, 15) is 8.42 Å². The Bertz CT molecular complexity index is 300. The van der Waals surface area contributed by atoms with E-state index in [0.29, 0.717) is 19.8 Å². The molecule has 6 heteroatoms. The second-order valence-electron chi connectivity index (χ2n) is 4.79. The zero-order valence-corrected chi connectivity index (χ0v) is 12.1. The highest BCUT2D eigenvalue weighted by Crippen LogP contribution is 2.08. The molecule has 1 saturated heterocycles. The van der Waals surface area contributed by atoms with E-state index >= 15 is 0 Å². The highest BCUT2D eigenvalue weighted by molar-refractivity contribution is 7.89. The molecule has 1 aliphatic rings. The number of unbranched alkanes of at least 4 members (excludes halogenated alkanes) is 1. The van der Waals surface area contributed by atoms with Crippen molar-refractivity contribution in [3.8, 4) is 0 Å². The van der Waals surface area contributed by atoms with Crippen LogP contribution >= 0.6 is 0 Å². The Morgan fingerprint density at radius 3 is 2.83 bits per heavy atom. The summed E-state index contributed by atoms with van der Waals surface area (Å²) in [4.78, 5) is 0. The highest BCUT2D eigenvalue weighted by Gasteiger charge is 2.20. The third-order valence-electron chi connectivity index (χ3n) is 3.04. The fraction of sp³-hybridized carbons (Fsp3) is 1.00. The van der Waals surface area contributed by atoms with Gasteiger partial charge in [0.15, 0.2) is 0 Å². The summed E-state index contributed by atoms with van der Waals surface area (Å²) < 4.78 is 31.5. The van der Waals surface area contributed by atoms with Crippen LogP contribution in [0.1, 0.15) is 39.0 Å². The molecule has 0 aromatic heterocycles. The lowest BCUT2D eigenvalue weighted by Gasteiger charge is -2.23. The quantitative estimate of drug-likeness (QED) is 0.614. The van der Waals surface area contributed by atoms with E-state index in [-0.39, 0.29) is 11.8 Å². The largest absolute Gasteiger partial charge is 0.380 e. The molecule has 18 heavy (non-hydrogen) atoms. The van der Waals surface area contributed by atoms with Crippen molar-refractivity contribution in [2.75, 3.05) is 32.1 Å². The van der Waals surface area contributed by atoms with Crippen LogP contribution in [-0.2, 0) is 14.8 Å². The predicted molar refractivity (Wildman–Crippen MR) is 73.2 cm³/mol. The lowest BCUT2D eigenvalue weighted by molar-refractivity contribution is 0.136. The van der Waals surface area contributed by atoms with Gasteiger partial charge in [-0.3, -0.25) is 0 Å². The number of piperidine rings is 1. The van der Waals surface area contributed by atoms with Crippen LogP contribution in [0.15, 0.2) is 0 Å². The van der Waals surface area contributed by atoms with Gasteiger partial charge in [0.25, 0.3) is 0 Å². The van der Waals surface area contributed by atoms with E-state index in [1.807, 2.05) is 0 Å². The van der Waals surface area contributed by atoms with Gasteiger partial charge >= 0.3 is 0 Å². The monoisotopic (exact) mass is 278 g/mol. The summed E-state index contributed by atoms with van der Waals surface area (Å²) in [5, 5.41) is 3.24. The van der Waals surface area contributed by atoms with E-state index in [0.717, 1.165) is 38.6 Å². The van der Waals surface area contributed by atoms with Crippen molar-refractivity contribution in [2.24, 2.45) is 0 Å². The molecule has 0 radical (unpaired) electrons. The average Bonchev–Trinajstić information content (AvgIpc) is 2.34. The average molecular weight is 278 g/mol. The molecule has 0 amide bonds. The minimum absolute atomic E-state index is 0.109. The fourth-order valence-corrected chi connectivity index (χ4v) is 3.33. The van der Waals surface area contributed by atoms with Gasteiger partial charge in [-0.15, -0.1) is 0 Å². The molecule has 1 heterocycles. The second-order valence-corrected chi connectivity index (χ2v) is 6.64. The molecular weight excluding hydrogens is 252 g/mol. The molecule has 5 nitrogen and oxygen atoms in total. The normalized spacial score (nSPS) is 21.1. The van der Waals surface area contributed by atoms with E-state index in [1.165, 1.54) is 0 Å². The van der Waals surface area contributed by atoms with Crippen LogP contribution in [0.5, 0.6) is 0 Å². The molecule has 0 aromatic carbocycles. The zero-order chi connectivity index (χ0) is 13.3. The van der Waals surface area contributed by atoms with Gasteiger partial charge in [-0.25, -0.2) is 13.1 Å². The molecular formula is C12H26N2O3S. The summed E-state index contributed by atoms with van der Waals surface area (Å²) in [5.41, 5.74) is 0. The Hall–Kier alpha value is -0.170. The fourth-order valence-electron chi connectivity index (χ4n) is 2.01. The molecule has 0 aliphatic carbocycles. The van der Waals surface area contributed by atoms with Crippen LogP contribution in [0.2, 0.25) is 0 Å². The summed E-state index contributed by atoms with van der Waals surface area (Å²) in [6.45, 7) is 4.57. The number of hydrogen-bond donors (Lipinski definition) is 2. The van der Waals surface area contributed by atoms with Crippen molar-refractivity contribution < 1.29 is 13.2 Å². The maximum Gasteiger partial charge on any atom is 0.213 e. The van der Waals surface area contributed by atoms with E-state index in [1.54, 1.807) is 0 Å². The second kappa shape index (κ2) is 8.85. The summed E-state index contributed by atoms with van der Waals surface area (Å²) in [6, 6.07) is 0.109. The molecule has 108 valence electrons. The van der Waals surface area contributed by atoms with E-state index < -0.39 is 10.0 Å². The van der Waals surface area contributed by atoms with Crippen molar-refractivity contribution in [3.05, 3.63) is 0 Å². The Morgan fingerprint density at radius 2 is 2.17 bits per heavy atom. The topological polar surface area (TPSA) is 67.4 Å². The molecule has 1 aliphatic heterocycles. The summed E-state index contributed by atoms with van der Waals surface area (Å²) in [6.07, 6.45) is 5.34. The number of ether oxygens (including phenoxy) is 1. The predicted octanol–water partition coefficient (Wildman–Crippen LogP) is 0.865. The van der Waals surface area contributed by atoms with E-state index in [4.69, 9.17) is 4.74 Å². The maximum absolute atomic E-state index is 11.8. The Balaban J connectivity index is 2.11. The molecule has 2 N–H and O–H groups in total. The standard InChI is InChI=1S/C12H26N2O3S/c1-2-3-9-17-10-8-14-18(15,16)11-12-6-4-5-7-13-12/h12-14H,2-11H2,1H3. The van der Waals surface area contributed by atoms with Gasteiger partial charge in [0.2, 0.25) is 10.0 Å². The number of rotatable bonds is 9. The Kier molecular flexibility index (Phi) is 7.81. The molecule has 1 unspecified atom stereocenters. The van der Waals surface area contributed by atoms with Gasteiger partial charge in [0.05, 0.1) is 12.4 Å². The summed E-state index contributed by atoms with van der Waals surface area (Å²) >= 11 is 0. The molecule has 0 aromatic rings. The smallest absolute Gasteiger partial charge is 0.213 e. The molecule has 1 fully saturated rings. The number of sulfonamides is 1. The van der Waals surface area contributed by atoms with Gasteiger partial charge in [-0.1, -0.05) is 19.8 Å². The van der Waals surface area contributed by atoms with Crippen LogP contribution in [0, 0.1) is 0 Å². The number of nitrogens with one attached hydrogen (secondary N) is 2. The van der Waals surface area contributed by atoms with Crippen molar-refractivity contribution in [1.82, 2.24) is 10.0 Å². The SMILES string of the molecule is CCCCOCCNS(=O)(=O)CC1CCCCN1. The van der Waals surface area contributed by atoms with Crippen molar-refractivity contribution in [3.63, 3.8) is 0 Å². The first kappa shape index (κ1) is 15.9.